The van der Waals surface area contributed by atoms with E-state index in [0.29, 0.717) is 12.8 Å². The molecule has 0 saturated heterocycles. The Kier molecular flexibility index (Phi) is 44.6. The summed E-state index contributed by atoms with van der Waals surface area (Å²) in [5, 5.41) is 11.7. The average molecular weight is 918 g/mol. The van der Waals surface area contributed by atoms with E-state index in [4.69, 9.17) is 14.2 Å². The number of carbonyl (C=O) groups excluding carboxylic acids is 3. The third-order valence-corrected chi connectivity index (χ3v) is 10.9. The number of aliphatic carboxylic acids is 1. The van der Waals surface area contributed by atoms with E-state index in [0.717, 1.165) is 122 Å². The van der Waals surface area contributed by atoms with Crippen LogP contribution in [0.15, 0.2) is 109 Å². The molecule has 0 heterocycles. The van der Waals surface area contributed by atoms with Crippen molar-refractivity contribution in [3.05, 3.63) is 109 Å². The van der Waals surface area contributed by atoms with Crippen LogP contribution in [0.4, 0.5) is 0 Å². The zero-order chi connectivity index (χ0) is 48.4. The van der Waals surface area contributed by atoms with E-state index in [-0.39, 0.29) is 42.7 Å². The lowest BCUT2D eigenvalue weighted by atomic mass is 10.1. The molecule has 0 aliphatic heterocycles. The summed E-state index contributed by atoms with van der Waals surface area (Å²) < 4.78 is 17.2. The van der Waals surface area contributed by atoms with E-state index >= 15 is 0 Å². The molecule has 8 heteroatoms. The van der Waals surface area contributed by atoms with Crippen molar-refractivity contribution in [2.75, 3.05) is 41.0 Å². The molecule has 0 rings (SSSR count). The highest BCUT2D eigenvalue weighted by molar-refractivity contribution is 5.70. The molecule has 8 nitrogen and oxygen atoms in total. The largest absolute Gasteiger partial charge is 0.544 e. The van der Waals surface area contributed by atoms with Gasteiger partial charge in [0, 0.05) is 19.3 Å². The van der Waals surface area contributed by atoms with E-state index in [1.54, 1.807) is 21.1 Å². The predicted molar refractivity (Wildman–Crippen MR) is 277 cm³/mol. The van der Waals surface area contributed by atoms with Crippen LogP contribution in [0.5, 0.6) is 0 Å². The molecule has 0 saturated carbocycles. The highest BCUT2D eigenvalue weighted by Crippen LogP contribution is 2.14. The molecular weight excluding hydrogens is 823 g/mol. The Bertz CT molecular complexity index is 1440. The van der Waals surface area contributed by atoms with E-state index < -0.39 is 18.1 Å². The summed E-state index contributed by atoms with van der Waals surface area (Å²) in [4.78, 5) is 37.1. The summed E-state index contributed by atoms with van der Waals surface area (Å²) in [5.41, 5.74) is 0. The fraction of sp³-hybridized carbons (Fsp3) is 0.638. The molecule has 0 radical (unpaired) electrons. The topological polar surface area (TPSA) is 102 Å². The Hall–Kier alpha value is -4.01. The number of carboxylic acids is 1. The lowest BCUT2D eigenvalue weighted by Gasteiger charge is -2.34. The Morgan fingerprint density at radius 1 is 0.455 bits per heavy atom. The molecule has 0 aliphatic carbocycles. The van der Waals surface area contributed by atoms with Crippen molar-refractivity contribution in [1.82, 2.24) is 0 Å². The maximum atomic E-state index is 12.8. The molecular formula is C58H95NO7. The van der Waals surface area contributed by atoms with Crippen molar-refractivity contribution in [2.45, 2.75) is 199 Å². The van der Waals surface area contributed by atoms with Gasteiger partial charge in [-0.1, -0.05) is 181 Å². The lowest BCUT2D eigenvalue weighted by molar-refractivity contribution is -0.889. The monoisotopic (exact) mass is 918 g/mol. The van der Waals surface area contributed by atoms with Crippen molar-refractivity contribution in [3.63, 3.8) is 0 Å². The minimum Gasteiger partial charge on any atom is -0.544 e. The van der Waals surface area contributed by atoms with E-state index in [2.05, 4.69) is 123 Å². The van der Waals surface area contributed by atoms with Crippen LogP contribution in [0.1, 0.15) is 187 Å². The number of allylic oxidation sites excluding steroid dienone is 18. The first kappa shape index (κ1) is 62.0. The molecule has 0 amide bonds. The number of rotatable bonds is 45. The quantitative estimate of drug-likeness (QED) is 0.0259. The number of hydrogen-bond acceptors (Lipinski definition) is 7. The standard InChI is InChI=1S/C58H95NO7/c1-6-8-10-12-14-16-18-20-22-24-26-27-28-29-31-33-35-37-39-41-43-45-47-49-57(61)66-54(52-64-51-50-55(58(62)63)59(3,4)5)53-65-56(60)48-46-44-42-40-38-36-34-32-30-25-23-21-19-17-15-13-11-9-7-2/h8-11,14-17,20-23,26-27,29-32,54-55H,6-7,12-13,18-19,24-25,28,33-53H2,1-5H3/b10-8+,11-9+,16-14+,17-15+,22-20+,23-21+,27-26+,31-29+,32-30+. The Labute approximate surface area is 404 Å². The number of hydrogen-bond donors (Lipinski definition) is 0. The Morgan fingerprint density at radius 2 is 0.803 bits per heavy atom. The van der Waals surface area contributed by atoms with Gasteiger partial charge in [0.2, 0.25) is 0 Å². The maximum absolute atomic E-state index is 12.8. The number of nitrogens with zero attached hydrogens (tertiary/aromatic N) is 1. The first-order valence-corrected chi connectivity index (χ1v) is 25.9. The summed E-state index contributed by atoms with van der Waals surface area (Å²) >= 11 is 0. The molecule has 0 aromatic rings. The van der Waals surface area contributed by atoms with Crippen molar-refractivity contribution < 1.29 is 38.2 Å². The normalized spacial score (nSPS) is 13.8. The first-order valence-electron chi connectivity index (χ1n) is 25.9. The number of carboxylic acid groups (broad SMARTS) is 1. The number of unbranched alkanes of at least 4 members (excludes halogenated alkanes) is 13. The van der Waals surface area contributed by atoms with E-state index in [9.17, 15) is 19.5 Å². The summed E-state index contributed by atoms with van der Waals surface area (Å²) in [6, 6.07) is -0.738. The molecule has 0 aliphatic rings. The summed E-state index contributed by atoms with van der Waals surface area (Å²) in [7, 11) is 5.40. The fourth-order valence-electron chi connectivity index (χ4n) is 6.97. The van der Waals surface area contributed by atoms with Crippen LogP contribution < -0.4 is 5.11 Å². The van der Waals surface area contributed by atoms with Gasteiger partial charge < -0.3 is 28.6 Å². The molecule has 0 aromatic carbocycles. The second-order valence-electron chi connectivity index (χ2n) is 18.0. The third-order valence-electron chi connectivity index (χ3n) is 10.9. The summed E-state index contributed by atoms with van der Waals surface area (Å²) in [6.45, 7) is 4.40. The highest BCUT2D eigenvalue weighted by atomic mass is 16.6. The van der Waals surface area contributed by atoms with Gasteiger partial charge in [-0.15, -0.1) is 0 Å². The van der Waals surface area contributed by atoms with Crippen LogP contribution >= 0.6 is 0 Å². The number of esters is 2. The molecule has 0 fully saturated rings. The highest BCUT2D eigenvalue weighted by Gasteiger charge is 2.25. The van der Waals surface area contributed by atoms with E-state index in [1.165, 1.54) is 32.1 Å². The van der Waals surface area contributed by atoms with Gasteiger partial charge in [-0.25, -0.2) is 0 Å². The molecule has 66 heavy (non-hydrogen) atoms. The van der Waals surface area contributed by atoms with Crippen LogP contribution in [0.3, 0.4) is 0 Å². The average Bonchev–Trinajstić information content (AvgIpc) is 3.28. The van der Waals surface area contributed by atoms with Gasteiger partial charge in [-0.05, 0) is 96.3 Å². The van der Waals surface area contributed by atoms with Crippen molar-refractivity contribution >= 4 is 17.9 Å². The smallest absolute Gasteiger partial charge is 0.306 e. The van der Waals surface area contributed by atoms with Crippen molar-refractivity contribution in [1.29, 1.82) is 0 Å². The van der Waals surface area contributed by atoms with Crippen LogP contribution in [0.2, 0.25) is 0 Å². The summed E-state index contributed by atoms with van der Waals surface area (Å²) in [6.07, 6.45) is 65.4. The van der Waals surface area contributed by atoms with Gasteiger partial charge in [0.1, 0.15) is 12.6 Å². The zero-order valence-corrected chi connectivity index (χ0v) is 42.6. The van der Waals surface area contributed by atoms with Crippen molar-refractivity contribution in [2.24, 2.45) is 0 Å². The molecule has 2 atom stereocenters. The van der Waals surface area contributed by atoms with Gasteiger partial charge in [-0.2, -0.15) is 0 Å². The molecule has 0 aromatic heterocycles. The SMILES string of the molecule is CC/C=C/C/C=C/C/C=C/C/C=C/C/C=C/CCCCCCCCCC(=O)OC(COCCC(C(=O)[O-])[N+](C)(C)C)COC(=O)CCCCCCCC/C=C/C/C=C/C/C=C/C/C=C/CC. The van der Waals surface area contributed by atoms with Gasteiger partial charge in [0.25, 0.3) is 0 Å². The van der Waals surface area contributed by atoms with Crippen molar-refractivity contribution in [3.8, 4) is 0 Å². The summed E-state index contributed by atoms with van der Waals surface area (Å²) in [5.74, 6) is -1.78. The lowest BCUT2D eigenvalue weighted by Crippen LogP contribution is -2.55. The van der Waals surface area contributed by atoms with Gasteiger partial charge in [-0.3, -0.25) is 9.59 Å². The molecule has 374 valence electrons. The number of quaternary nitrogens is 1. The van der Waals surface area contributed by atoms with Crippen LogP contribution in [-0.2, 0) is 28.6 Å². The van der Waals surface area contributed by atoms with Crippen LogP contribution in [-0.4, -0.2) is 75.5 Å². The minimum atomic E-state index is -1.13. The van der Waals surface area contributed by atoms with Crippen LogP contribution in [0, 0.1) is 0 Å². The number of carbonyl (C=O) groups is 3. The number of likely N-dealkylation sites (N-methyl/N-ethyl adjacent to an activating group) is 1. The molecule has 0 N–H and O–H groups in total. The van der Waals surface area contributed by atoms with E-state index in [1.807, 2.05) is 0 Å². The first-order chi connectivity index (χ1) is 32.1. The predicted octanol–water partition coefficient (Wildman–Crippen LogP) is 13.9. The third kappa shape index (κ3) is 45.2. The number of ether oxygens (including phenoxy) is 3. The van der Waals surface area contributed by atoms with Gasteiger partial charge in [0.15, 0.2) is 6.10 Å². The molecule has 0 spiro atoms. The second kappa shape index (κ2) is 47.5. The molecule has 2 unspecified atom stereocenters. The minimum absolute atomic E-state index is 0.0243. The maximum Gasteiger partial charge on any atom is 0.306 e. The fourth-order valence-corrected chi connectivity index (χ4v) is 6.97. The van der Waals surface area contributed by atoms with Gasteiger partial charge in [0.05, 0.1) is 40.3 Å². The van der Waals surface area contributed by atoms with Crippen LogP contribution in [0.25, 0.3) is 0 Å². The van der Waals surface area contributed by atoms with Gasteiger partial charge >= 0.3 is 11.9 Å². The second-order valence-corrected chi connectivity index (χ2v) is 18.0. The zero-order valence-electron chi connectivity index (χ0n) is 42.6. The Morgan fingerprint density at radius 3 is 1.18 bits per heavy atom. The Balaban J connectivity index is 4.32. The molecule has 0 bridgehead atoms.